The summed E-state index contributed by atoms with van der Waals surface area (Å²) in [6, 6.07) is 14.8. The maximum atomic E-state index is 12.2. The van der Waals surface area contributed by atoms with Gasteiger partial charge in [0.25, 0.3) is 0 Å². The van der Waals surface area contributed by atoms with Gasteiger partial charge in [0.15, 0.2) is 5.75 Å². The number of amides is 1. The topological polar surface area (TPSA) is 78.9 Å². The molecule has 0 unspecified atom stereocenters. The number of nitrogens with zero attached hydrogens (tertiary/aromatic N) is 1. The lowest BCUT2D eigenvalue weighted by Gasteiger charge is -2.16. The molecule has 0 aliphatic carbocycles. The number of aryl methyl sites for hydroxylation is 1. The molecular formula is C19H22N2O4. The molecule has 2 N–H and O–H groups in total. The molecule has 0 aliphatic rings. The van der Waals surface area contributed by atoms with Crippen LogP contribution in [0.3, 0.4) is 0 Å². The Morgan fingerprint density at radius 2 is 1.80 bits per heavy atom. The quantitative estimate of drug-likeness (QED) is 0.770. The minimum Gasteiger partial charge on any atom is -0.481 e. The molecule has 1 amide bonds. The highest BCUT2D eigenvalue weighted by atomic mass is 16.5. The molecule has 0 aromatic heterocycles. The van der Waals surface area contributed by atoms with Crippen molar-refractivity contribution in [1.29, 1.82) is 0 Å². The number of hydrogen-bond acceptors (Lipinski definition) is 4. The fourth-order valence-corrected chi connectivity index (χ4v) is 2.19. The molecule has 0 bridgehead atoms. The average molecular weight is 342 g/mol. The molecule has 0 aliphatic heterocycles. The summed E-state index contributed by atoms with van der Waals surface area (Å²) in [6.45, 7) is 2.41. The first-order valence-corrected chi connectivity index (χ1v) is 7.98. The molecule has 0 radical (unpaired) electrons. The van der Waals surface area contributed by atoms with E-state index in [4.69, 9.17) is 9.84 Å². The molecule has 6 nitrogen and oxygen atoms in total. The maximum absolute atomic E-state index is 12.2. The van der Waals surface area contributed by atoms with Crippen LogP contribution in [0.5, 0.6) is 11.5 Å². The number of para-hydroxylation sites is 2. The molecule has 6 heteroatoms. The third-order valence-electron chi connectivity index (χ3n) is 3.53. The Bertz CT molecular complexity index is 728. The number of nitrogens with one attached hydrogen (secondary N) is 1. The van der Waals surface area contributed by atoms with Crippen molar-refractivity contribution < 1.29 is 19.4 Å². The first-order chi connectivity index (χ1) is 11.9. The fourth-order valence-electron chi connectivity index (χ4n) is 2.19. The number of rotatable bonds is 8. The van der Waals surface area contributed by atoms with Crippen molar-refractivity contribution >= 4 is 17.6 Å². The Morgan fingerprint density at radius 1 is 1.12 bits per heavy atom. The van der Waals surface area contributed by atoms with Crippen LogP contribution in [0.2, 0.25) is 0 Å². The van der Waals surface area contributed by atoms with E-state index in [1.165, 1.54) is 0 Å². The summed E-state index contributed by atoms with van der Waals surface area (Å²) in [6.07, 6.45) is -0.00307. The zero-order valence-electron chi connectivity index (χ0n) is 14.4. The Balaban J connectivity index is 1.98. The number of hydrogen-bond donors (Lipinski definition) is 2. The number of carbonyl (C=O) groups excluding carboxylic acids is 1. The van der Waals surface area contributed by atoms with Crippen molar-refractivity contribution in [3.8, 4) is 11.5 Å². The van der Waals surface area contributed by atoms with Crippen molar-refractivity contribution in [2.24, 2.45) is 0 Å². The normalized spacial score (nSPS) is 10.5. The lowest BCUT2D eigenvalue weighted by atomic mass is 10.2. The molecule has 0 atom stereocenters. The largest absolute Gasteiger partial charge is 0.481 e. The van der Waals surface area contributed by atoms with Crippen LogP contribution in [0.1, 0.15) is 12.0 Å². The van der Waals surface area contributed by atoms with Crippen LogP contribution in [0, 0.1) is 6.92 Å². The van der Waals surface area contributed by atoms with Crippen molar-refractivity contribution in [2.75, 3.05) is 25.5 Å². The number of likely N-dealkylation sites (N-methyl/N-ethyl adjacent to an activating group) is 1. The van der Waals surface area contributed by atoms with Crippen LogP contribution in [-0.2, 0) is 9.59 Å². The van der Waals surface area contributed by atoms with Gasteiger partial charge in [-0.25, -0.2) is 0 Å². The second kappa shape index (κ2) is 8.84. The van der Waals surface area contributed by atoms with E-state index in [1.807, 2.05) is 43.3 Å². The number of carbonyl (C=O) groups is 2. The summed E-state index contributed by atoms with van der Waals surface area (Å²) in [5.41, 5.74) is 1.71. The third kappa shape index (κ3) is 6.27. The lowest BCUT2D eigenvalue weighted by molar-refractivity contribution is -0.137. The number of benzene rings is 2. The molecular weight excluding hydrogens is 320 g/mol. The third-order valence-corrected chi connectivity index (χ3v) is 3.53. The Hall–Kier alpha value is -2.86. The summed E-state index contributed by atoms with van der Waals surface area (Å²) in [5, 5.41) is 11.5. The van der Waals surface area contributed by atoms with E-state index in [-0.39, 0.29) is 18.9 Å². The SMILES string of the molecule is Cc1ccc(Oc2ccccc2NC(=O)CN(C)CCC(=O)O)cc1. The second-order valence-electron chi connectivity index (χ2n) is 5.84. The predicted octanol–water partition coefficient (Wildman–Crippen LogP) is 3.13. The van der Waals surface area contributed by atoms with Gasteiger partial charge in [0.2, 0.25) is 5.91 Å². The standard InChI is InChI=1S/C19H22N2O4/c1-14-7-9-15(10-8-14)25-17-6-4-3-5-16(17)20-18(22)13-21(2)12-11-19(23)24/h3-10H,11-13H2,1-2H3,(H,20,22)(H,23,24). The van der Waals surface area contributed by atoms with Gasteiger partial charge in [-0.05, 0) is 38.2 Å². The van der Waals surface area contributed by atoms with Gasteiger partial charge in [0, 0.05) is 6.54 Å². The predicted molar refractivity (Wildman–Crippen MR) is 96.1 cm³/mol. The minimum atomic E-state index is -0.885. The molecule has 132 valence electrons. The number of anilines is 1. The van der Waals surface area contributed by atoms with Crippen molar-refractivity contribution in [2.45, 2.75) is 13.3 Å². The second-order valence-corrected chi connectivity index (χ2v) is 5.84. The van der Waals surface area contributed by atoms with Gasteiger partial charge in [-0.3, -0.25) is 14.5 Å². The van der Waals surface area contributed by atoms with E-state index in [0.717, 1.165) is 5.56 Å². The highest BCUT2D eigenvalue weighted by Gasteiger charge is 2.11. The van der Waals surface area contributed by atoms with Crippen LogP contribution in [0.4, 0.5) is 5.69 Å². The van der Waals surface area contributed by atoms with Crippen molar-refractivity contribution in [1.82, 2.24) is 4.90 Å². The molecule has 25 heavy (non-hydrogen) atoms. The van der Waals surface area contributed by atoms with Gasteiger partial charge in [-0.2, -0.15) is 0 Å². The van der Waals surface area contributed by atoms with E-state index >= 15 is 0 Å². The zero-order valence-corrected chi connectivity index (χ0v) is 14.4. The number of aliphatic carboxylic acids is 1. The van der Waals surface area contributed by atoms with Gasteiger partial charge in [0.1, 0.15) is 5.75 Å². The van der Waals surface area contributed by atoms with Crippen LogP contribution < -0.4 is 10.1 Å². The van der Waals surface area contributed by atoms with Crippen LogP contribution in [-0.4, -0.2) is 42.0 Å². The van der Waals surface area contributed by atoms with E-state index in [2.05, 4.69) is 5.32 Å². The first kappa shape index (κ1) is 18.5. The Morgan fingerprint density at radius 3 is 2.48 bits per heavy atom. The van der Waals surface area contributed by atoms with Gasteiger partial charge in [-0.15, -0.1) is 0 Å². The monoisotopic (exact) mass is 342 g/mol. The average Bonchev–Trinajstić information content (AvgIpc) is 2.57. The van der Waals surface area contributed by atoms with Crippen LogP contribution in [0.25, 0.3) is 0 Å². The molecule has 2 rings (SSSR count). The fraction of sp³-hybridized carbons (Fsp3) is 0.263. The molecule has 0 spiro atoms. The van der Waals surface area contributed by atoms with E-state index in [9.17, 15) is 9.59 Å². The molecule has 0 saturated carbocycles. The molecule has 2 aromatic carbocycles. The summed E-state index contributed by atoms with van der Waals surface area (Å²) in [4.78, 5) is 24.4. The zero-order chi connectivity index (χ0) is 18.2. The molecule has 0 saturated heterocycles. The van der Waals surface area contributed by atoms with Crippen molar-refractivity contribution in [3.63, 3.8) is 0 Å². The molecule has 0 fully saturated rings. The lowest BCUT2D eigenvalue weighted by Crippen LogP contribution is -2.31. The highest BCUT2D eigenvalue weighted by molar-refractivity contribution is 5.93. The number of carboxylic acids is 1. The Kier molecular flexibility index (Phi) is 6.54. The van der Waals surface area contributed by atoms with Gasteiger partial charge < -0.3 is 15.2 Å². The molecule has 0 heterocycles. The summed E-state index contributed by atoms with van der Waals surface area (Å²) in [5.74, 6) is 0.121. The summed E-state index contributed by atoms with van der Waals surface area (Å²) >= 11 is 0. The number of carboxylic acid groups (broad SMARTS) is 1. The number of ether oxygens (including phenoxy) is 1. The highest BCUT2D eigenvalue weighted by Crippen LogP contribution is 2.29. The van der Waals surface area contributed by atoms with Crippen LogP contribution in [0.15, 0.2) is 48.5 Å². The first-order valence-electron chi connectivity index (χ1n) is 7.98. The van der Waals surface area contributed by atoms with E-state index in [1.54, 1.807) is 24.1 Å². The van der Waals surface area contributed by atoms with Gasteiger partial charge in [-0.1, -0.05) is 29.8 Å². The Labute approximate surface area is 147 Å². The van der Waals surface area contributed by atoms with Gasteiger partial charge in [0.05, 0.1) is 18.7 Å². The minimum absolute atomic E-state index is 0.00307. The summed E-state index contributed by atoms with van der Waals surface area (Å²) < 4.78 is 5.84. The smallest absolute Gasteiger partial charge is 0.304 e. The maximum Gasteiger partial charge on any atom is 0.304 e. The van der Waals surface area contributed by atoms with Crippen molar-refractivity contribution in [3.05, 3.63) is 54.1 Å². The van der Waals surface area contributed by atoms with E-state index < -0.39 is 5.97 Å². The van der Waals surface area contributed by atoms with E-state index in [0.29, 0.717) is 23.7 Å². The van der Waals surface area contributed by atoms with Crippen LogP contribution >= 0.6 is 0 Å². The summed E-state index contributed by atoms with van der Waals surface area (Å²) in [7, 11) is 1.71. The molecule has 2 aromatic rings. The van der Waals surface area contributed by atoms with Gasteiger partial charge >= 0.3 is 5.97 Å².